The van der Waals surface area contributed by atoms with Crippen molar-refractivity contribution < 1.29 is 4.79 Å². The number of hydrogen-bond acceptors (Lipinski definition) is 4. The Kier molecular flexibility index (Phi) is 9.55. The maximum atomic E-state index is 12.3. The first kappa shape index (κ1) is 19.3. The van der Waals surface area contributed by atoms with E-state index in [0.29, 0.717) is 0 Å². The highest BCUT2D eigenvalue weighted by atomic mass is 35.5. The Morgan fingerprint density at radius 1 is 1.32 bits per heavy atom. The predicted octanol–water partition coefficient (Wildman–Crippen LogP) is 2.00. The van der Waals surface area contributed by atoms with Crippen molar-refractivity contribution >= 4 is 30.1 Å². The van der Waals surface area contributed by atoms with Crippen LogP contribution in [0.15, 0.2) is 35.2 Å². The summed E-state index contributed by atoms with van der Waals surface area (Å²) in [5, 5.41) is 6.41. The molecule has 1 aliphatic rings. The van der Waals surface area contributed by atoms with Crippen molar-refractivity contribution in [3.8, 4) is 0 Å². The van der Waals surface area contributed by atoms with Gasteiger partial charge < -0.3 is 10.6 Å². The second-order valence-electron chi connectivity index (χ2n) is 5.21. The fourth-order valence-electron chi connectivity index (χ4n) is 2.37. The highest BCUT2D eigenvalue weighted by molar-refractivity contribution is 8.00. The van der Waals surface area contributed by atoms with Gasteiger partial charge in [0.15, 0.2) is 0 Å². The van der Waals surface area contributed by atoms with Crippen LogP contribution in [0.25, 0.3) is 0 Å². The number of rotatable bonds is 7. The lowest BCUT2D eigenvalue weighted by Crippen LogP contribution is -2.46. The standard InChI is InChI=1S/C16H25N3OS.ClH/c1-2-15(21-14-6-4-3-5-7-14)16(20)18-10-13-19-11-8-17-9-12-19;/h3-7,15,17H,2,8-13H2,1H3,(H,18,20);1H. The second kappa shape index (κ2) is 10.9. The van der Waals surface area contributed by atoms with E-state index in [1.54, 1.807) is 11.8 Å². The summed E-state index contributed by atoms with van der Waals surface area (Å²) in [4.78, 5) is 15.8. The summed E-state index contributed by atoms with van der Waals surface area (Å²) in [7, 11) is 0. The van der Waals surface area contributed by atoms with Crippen LogP contribution in [-0.2, 0) is 4.79 Å². The van der Waals surface area contributed by atoms with Crippen molar-refractivity contribution in [3.05, 3.63) is 30.3 Å². The number of hydrogen-bond donors (Lipinski definition) is 2. The molecule has 2 rings (SSSR count). The van der Waals surface area contributed by atoms with Crippen LogP contribution in [0.3, 0.4) is 0 Å². The molecule has 0 radical (unpaired) electrons. The number of halogens is 1. The first-order valence-electron chi connectivity index (χ1n) is 7.72. The van der Waals surface area contributed by atoms with Crippen LogP contribution < -0.4 is 10.6 Å². The Morgan fingerprint density at radius 2 is 2.00 bits per heavy atom. The summed E-state index contributed by atoms with van der Waals surface area (Å²) in [5.41, 5.74) is 0. The SMILES string of the molecule is CCC(Sc1ccccc1)C(=O)NCCN1CCNCC1.Cl. The molecule has 22 heavy (non-hydrogen) atoms. The number of nitrogens with one attached hydrogen (secondary N) is 2. The maximum absolute atomic E-state index is 12.3. The molecule has 0 bridgehead atoms. The Balaban J connectivity index is 0.00000242. The van der Waals surface area contributed by atoms with Crippen LogP contribution in [0, 0.1) is 0 Å². The molecule has 0 spiro atoms. The van der Waals surface area contributed by atoms with E-state index in [1.807, 2.05) is 18.2 Å². The van der Waals surface area contributed by atoms with Crippen LogP contribution in [-0.4, -0.2) is 55.3 Å². The van der Waals surface area contributed by atoms with Crippen LogP contribution in [0.4, 0.5) is 0 Å². The molecular formula is C16H26ClN3OS. The van der Waals surface area contributed by atoms with Gasteiger partial charge in [0.05, 0.1) is 5.25 Å². The van der Waals surface area contributed by atoms with Crippen molar-refractivity contribution in [2.24, 2.45) is 0 Å². The molecule has 1 atom stereocenters. The van der Waals surface area contributed by atoms with Crippen molar-refractivity contribution in [2.45, 2.75) is 23.5 Å². The fraction of sp³-hybridized carbons (Fsp3) is 0.562. The number of amides is 1. The highest BCUT2D eigenvalue weighted by Crippen LogP contribution is 2.24. The molecule has 4 nitrogen and oxygen atoms in total. The predicted molar refractivity (Wildman–Crippen MR) is 95.9 cm³/mol. The van der Waals surface area contributed by atoms with Gasteiger partial charge in [0, 0.05) is 44.2 Å². The summed E-state index contributed by atoms with van der Waals surface area (Å²) >= 11 is 1.65. The minimum Gasteiger partial charge on any atom is -0.354 e. The molecule has 1 aromatic rings. The Hall–Kier alpha value is -0.750. The largest absolute Gasteiger partial charge is 0.354 e. The van der Waals surface area contributed by atoms with E-state index in [1.165, 1.54) is 0 Å². The van der Waals surface area contributed by atoms with Crippen LogP contribution in [0.5, 0.6) is 0 Å². The van der Waals surface area contributed by atoms with E-state index in [9.17, 15) is 4.79 Å². The lowest BCUT2D eigenvalue weighted by atomic mass is 10.3. The second-order valence-corrected chi connectivity index (χ2v) is 6.49. The first-order chi connectivity index (χ1) is 10.3. The Bertz CT molecular complexity index is 427. The van der Waals surface area contributed by atoms with E-state index in [0.717, 1.165) is 50.6 Å². The minimum absolute atomic E-state index is 0. The molecule has 1 unspecified atom stereocenters. The number of nitrogens with zero attached hydrogens (tertiary/aromatic N) is 1. The molecule has 1 saturated heterocycles. The molecule has 0 saturated carbocycles. The van der Waals surface area contributed by atoms with Gasteiger partial charge in [0.25, 0.3) is 0 Å². The molecule has 6 heteroatoms. The summed E-state index contributed by atoms with van der Waals surface area (Å²) in [5.74, 6) is 0.154. The maximum Gasteiger partial charge on any atom is 0.233 e. The van der Waals surface area contributed by atoms with Crippen molar-refractivity contribution in [1.29, 1.82) is 0 Å². The molecule has 1 aliphatic heterocycles. The van der Waals surface area contributed by atoms with Crippen molar-refractivity contribution in [3.63, 3.8) is 0 Å². The fourth-order valence-corrected chi connectivity index (χ4v) is 3.37. The lowest BCUT2D eigenvalue weighted by molar-refractivity contribution is -0.120. The van der Waals surface area contributed by atoms with Crippen molar-refractivity contribution in [2.75, 3.05) is 39.3 Å². The zero-order valence-corrected chi connectivity index (χ0v) is 14.7. The topological polar surface area (TPSA) is 44.4 Å². The summed E-state index contributed by atoms with van der Waals surface area (Å²) in [6, 6.07) is 10.1. The minimum atomic E-state index is -0.00424. The van der Waals surface area contributed by atoms with E-state index >= 15 is 0 Å². The molecule has 1 amide bonds. The third kappa shape index (κ3) is 6.57. The molecule has 1 aromatic carbocycles. The normalized spacial score (nSPS) is 16.6. The molecule has 124 valence electrons. The zero-order chi connectivity index (χ0) is 14.9. The Labute approximate surface area is 143 Å². The Morgan fingerprint density at radius 3 is 2.64 bits per heavy atom. The third-order valence-electron chi connectivity index (χ3n) is 3.62. The molecule has 0 aliphatic carbocycles. The quantitative estimate of drug-likeness (QED) is 0.743. The van der Waals surface area contributed by atoms with Gasteiger partial charge in [-0.25, -0.2) is 0 Å². The van der Waals surface area contributed by atoms with Gasteiger partial charge in [0.2, 0.25) is 5.91 Å². The third-order valence-corrected chi connectivity index (χ3v) is 5.00. The number of benzene rings is 1. The molecule has 1 heterocycles. The van der Waals surface area contributed by atoms with Crippen LogP contribution >= 0.6 is 24.2 Å². The average Bonchev–Trinajstić information content (AvgIpc) is 2.54. The van der Waals surface area contributed by atoms with Gasteiger partial charge in [-0.15, -0.1) is 24.2 Å². The van der Waals surface area contributed by atoms with E-state index < -0.39 is 0 Å². The zero-order valence-electron chi connectivity index (χ0n) is 13.1. The van der Waals surface area contributed by atoms with E-state index in [4.69, 9.17) is 0 Å². The van der Waals surface area contributed by atoms with Gasteiger partial charge in [-0.3, -0.25) is 9.69 Å². The van der Waals surface area contributed by atoms with Crippen LogP contribution in [0.2, 0.25) is 0 Å². The molecule has 0 aromatic heterocycles. The van der Waals surface area contributed by atoms with E-state index in [-0.39, 0.29) is 23.6 Å². The molecular weight excluding hydrogens is 318 g/mol. The number of thioether (sulfide) groups is 1. The average molecular weight is 344 g/mol. The van der Waals surface area contributed by atoms with Gasteiger partial charge >= 0.3 is 0 Å². The van der Waals surface area contributed by atoms with E-state index in [2.05, 4.69) is 34.6 Å². The van der Waals surface area contributed by atoms with Gasteiger partial charge in [-0.1, -0.05) is 25.1 Å². The summed E-state index contributed by atoms with van der Waals surface area (Å²) in [6.45, 7) is 8.00. The number of carbonyl (C=O) groups excluding carboxylic acids is 1. The summed E-state index contributed by atoms with van der Waals surface area (Å²) < 4.78 is 0. The molecule has 2 N–H and O–H groups in total. The number of carbonyl (C=O) groups is 1. The monoisotopic (exact) mass is 343 g/mol. The molecule has 1 fully saturated rings. The van der Waals surface area contributed by atoms with Crippen molar-refractivity contribution in [1.82, 2.24) is 15.5 Å². The van der Waals surface area contributed by atoms with Gasteiger partial charge in [-0.2, -0.15) is 0 Å². The lowest BCUT2D eigenvalue weighted by Gasteiger charge is -2.27. The first-order valence-corrected chi connectivity index (χ1v) is 8.60. The van der Waals surface area contributed by atoms with Crippen LogP contribution in [0.1, 0.15) is 13.3 Å². The number of piperazine rings is 1. The summed E-state index contributed by atoms with van der Waals surface area (Å²) in [6.07, 6.45) is 0.846. The van der Waals surface area contributed by atoms with Gasteiger partial charge in [0.1, 0.15) is 0 Å². The highest BCUT2D eigenvalue weighted by Gasteiger charge is 2.17. The smallest absolute Gasteiger partial charge is 0.233 e. The van der Waals surface area contributed by atoms with Gasteiger partial charge in [-0.05, 0) is 18.6 Å².